The van der Waals surface area contributed by atoms with E-state index in [2.05, 4.69) is 5.32 Å². The van der Waals surface area contributed by atoms with Crippen molar-refractivity contribution in [2.75, 3.05) is 6.54 Å². The van der Waals surface area contributed by atoms with Gasteiger partial charge in [-0.1, -0.05) is 24.4 Å². The Bertz CT molecular complexity index is 824. The highest BCUT2D eigenvalue weighted by atomic mass is 35.5. The number of likely N-dealkylation sites (tertiary alicyclic amines) is 1. The van der Waals surface area contributed by atoms with E-state index < -0.39 is 0 Å². The van der Waals surface area contributed by atoms with Crippen LogP contribution in [-0.2, 0) is 16.1 Å². The van der Waals surface area contributed by atoms with Gasteiger partial charge in [-0.15, -0.1) is 0 Å². The quantitative estimate of drug-likeness (QED) is 0.844. The number of amides is 2. The number of nitrogens with zero attached hydrogens (tertiary/aromatic N) is 1. The summed E-state index contributed by atoms with van der Waals surface area (Å²) in [5.74, 6) is 1.20. The summed E-state index contributed by atoms with van der Waals surface area (Å²) in [5, 5.41) is 3.59. The molecule has 0 radical (unpaired) electrons. The van der Waals surface area contributed by atoms with Gasteiger partial charge in [0.15, 0.2) is 0 Å². The van der Waals surface area contributed by atoms with Crippen molar-refractivity contribution in [2.45, 2.75) is 44.7 Å². The molecular formula is C21H23ClN2O3. The lowest BCUT2D eigenvalue weighted by Gasteiger charge is -2.23. The van der Waals surface area contributed by atoms with Crippen molar-refractivity contribution in [3.63, 3.8) is 0 Å². The van der Waals surface area contributed by atoms with Crippen LogP contribution < -0.4 is 5.32 Å². The molecule has 2 heterocycles. The molecule has 0 spiro atoms. The average Bonchev–Trinajstić information content (AvgIpc) is 3.41. The second-order valence-corrected chi connectivity index (χ2v) is 7.81. The summed E-state index contributed by atoms with van der Waals surface area (Å²) in [5.41, 5.74) is 0.936. The van der Waals surface area contributed by atoms with Gasteiger partial charge in [0.1, 0.15) is 11.5 Å². The third kappa shape index (κ3) is 4.03. The van der Waals surface area contributed by atoms with Crippen LogP contribution in [0, 0.1) is 5.92 Å². The Kier molecular flexibility index (Phi) is 5.21. The number of benzene rings is 1. The topological polar surface area (TPSA) is 62.6 Å². The second-order valence-electron chi connectivity index (χ2n) is 7.38. The van der Waals surface area contributed by atoms with Gasteiger partial charge in [-0.2, -0.15) is 0 Å². The van der Waals surface area contributed by atoms with Crippen molar-refractivity contribution in [2.24, 2.45) is 5.92 Å². The Morgan fingerprint density at radius 1 is 1.15 bits per heavy atom. The first-order valence-corrected chi connectivity index (χ1v) is 9.90. The maximum absolute atomic E-state index is 12.5. The van der Waals surface area contributed by atoms with Crippen LogP contribution in [0.1, 0.15) is 37.9 Å². The molecule has 0 bridgehead atoms. The summed E-state index contributed by atoms with van der Waals surface area (Å²) in [4.78, 5) is 26.7. The molecule has 1 unspecified atom stereocenters. The van der Waals surface area contributed by atoms with Crippen LogP contribution in [0.25, 0.3) is 11.3 Å². The molecule has 1 aromatic carbocycles. The van der Waals surface area contributed by atoms with E-state index in [9.17, 15) is 9.59 Å². The van der Waals surface area contributed by atoms with Crippen LogP contribution in [0.3, 0.4) is 0 Å². The van der Waals surface area contributed by atoms with Gasteiger partial charge in [-0.05, 0) is 49.2 Å². The third-order valence-electron chi connectivity index (χ3n) is 5.52. The number of carbonyl (C=O) groups excluding carboxylic acids is 2. The Labute approximate surface area is 163 Å². The van der Waals surface area contributed by atoms with Crippen molar-refractivity contribution < 1.29 is 14.0 Å². The molecule has 1 aliphatic carbocycles. The first-order valence-electron chi connectivity index (χ1n) is 9.52. The first-order chi connectivity index (χ1) is 13.1. The van der Waals surface area contributed by atoms with E-state index in [1.165, 1.54) is 12.8 Å². The Hall–Kier alpha value is -2.27. The van der Waals surface area contributed by atoms with Gasteiger partial charge in [0.2, 0.25) is 11.8 Å². The van der Waals surface area contributed by atoms with Gasteiger partial charge in [0, 0.05) is 29.6 Å². The summed E-state index contributed by atoms with van der Waals surface area (Å²) < 4.78 is 5.81. The lowest BCUT2D eigenvalue weighted by molar-refractivity contribution is -0.130. The van der Waals surface area contributed by atoms with Crippen LogP contribution >= 0.6 is 11.6 Å². The van der Waals surface area contributed by atoms with Crippen LogP contribution in [0.4, 0.5) is 0 Å². The van der Waals surface area contributed by atoms with Gasteiger partial charge < -0.3 is 14.6 Å². The molecule has 1 saturated carbocycles. The fourth-order valence-electron chi connectivity index (χ4n) is 4.04. The zero-order chi connectivity index (χ0) is 18.8. The van der Waals surface area contributed by atoms with Crippen molar-refractivity contribution >= 4 is 23.4 Å². The minimum atomic E-state index is -0.260. The molecule has 1 atom stereocenters. The van der Waals surface area contributed by atoms with Crippen LogP contribution in [0.15, 0.2) is 40.8 Å². The summed E-state index contributed by atoms with van der Waals surface area (Å²) in [6, 6.07) is 11.5. The number of carbonyl (C=O) groups is 2. The lowest BCUT2D eigenvalue weighted by atomic mass is 10.1. The molecule has 2 fully saturated rings. The van der Waals surface area contributed by atoms with E-state index in [0.717, 1.165) is 24.2 Å². The molecule has 1 saturated heterocycles. The molecule has 4 rings (SSSR count). The summed E-state index contributed by atoms with van der Waals surface area (Å²) in [6.45, 7) is 0.865. The molecule has 6 heteroatoms. The predicted octanol–water partition coefficient (Wildman–Crippen LogP) is 4.01. The smallest absolute Gasteiger partial charge is 0.225 e. The molecule has 2 aliphatic rings. The average molecular weight is 387 g/mol. The van der Waals surface area contributed by atoms with Gasteiger partial charge >= 0.3 is 0 Å². The first kappa shape index (κ1) is 18.1. The van der Waals surface area contributed by atoms with E-state index in [-0.39, 0.29) is 17.7 Å². The fraction of sp³-hybridized carbons (Fsp3) is 0.429. The number of hydrogen-bond acceptors (Lipinski definition) is 3. The second kappa shape index (κ2) is 7.77. The van der Waals surface area contributed by atoms with E-state index in [1.54, 1.807) is 0 Å². The van der Waals surface area contributed by atoms with E-state index >= 15 is 0 Å². The highest BCUT2D eigenvalue weighted by molar-refractivity contribution is 6.30. The number of rotatable bonds is 5. The van der Waals surface area contributed by atoms with Crippen molar-refractivity contribution in [3.05, 3.63) is 47.2 Å². The van der Waals surface area contributed by atoms with Gasteiger partial charge in [0.05, 0.1) is 12.5 Å². The van der Waals surface area contributed by atoms with Crippen LogP contribution in [0.2, 0.25) is 5.02 Å². The van der Waals surface area contributed by atoms with Gasteiger partial charge in [0.25, 0.3) is 0 Å². The van der Waals surface area contributed by atoms with E-state index in [4.69, 9.17) is 16.0 Å². The van der Waals surface area contributed by atoms with Crippen LogP contribution in [-0.4, -0.2) is 29.3 Å². The van der Waals surface area contributed by atoms with Gasteiger partial charge in [-0.3, -0.25) is 9.59 Å². The minimum Gasteiger partial charge on any atom is -0.459 e. The monoisotopic (exact) mass is 386 g/mol. The van der Waals surface area contributed by atoms with Crippen molar-refractivity contribution in [1.82, 2.24) is 10.2 Å². The van der Waals surface area contributed by atoms with Gasteiger partial charge in [-0.25, -0.2) is 0 Å². The van der Waals surface area contributed by atoms with Crippen LogP contribution in [0.5, 0.6) is 0 Å². The Balaban J connectivity index is 1.32. The SMILES string of the molecule is O=C(NCc1ccc(-c2ccc(Cl)cc2)o1)C1CC(=O)N(C2CCCC2)C1. The molecule has 1 aliphatic heterocycles. The highest BCUT2D eigenvalue weighted by Gasteiger charge is 2.38. The maximum Gasteiger partial charge on any atom is 0.225 e. The highest BCUT2D eigenvalue weighted by Crippen LogP contribution is 2.29. The number of hydrogen-bond donors (Lipinski definition) is 1. The summed E-state index contributed by atoms with van der Waals surface area (Å²) >= 11 is 5.91. The molecule has 1 N–H and O–H groups in total. The number of nitrogens with one attached hydrogen (secondary N) is 1. The maximum atomic E-state index is 12.5. The third-order valence-corrected chi connectivity index (χ3v) is 5.77. The van der Waals surface area contributed by atoms with Crippen molar-refractivity contribution in [3.8, 4) is 11.3 Å². The van der Waals surface area contributed by atoms with Crippen molar-refractivity contribution in [1.29, 1.82) is 0 Å². The molecule has 2 aromatic rings. The van der Waals surface area contributed by atoms with E-state index in [1.807, 2.05) is 41.3 Å². The molecule has 2 amide bonds. The Morgan fingerprint density at radius 3 is 2.63 bits per heavy atom. The zero-order valence-corrected chi connectivity index (χ0v) is 15.9. The Morgan fingerprint density at radius 2 is 1.89 bits per heavy atom. The summed E-state index contributed by atoms with van der Waals surface area (Å²) in [7, 11) is 0. The number of halogens is 1. The fourth-order valence-corrected chi connectivity index (χ4v) is 4.16. The normalized spacial score (nSPS) is 20.4. The molecule has 1 aromatic heterocycles. The number of furan rings is 1. The lowest BCUT2D eigenvalue weighted by Crippen LogP contribution is -2.36. The zero-order valence-electron chi connectivity index (χ0n) is 15.1. The largest absolute Gasteiger partial charge is 0.459 e. The predicted molar refractivity (Wildman–Crippen MR) is 103 cm³/mol. The standard InChI is InChI=1S/C21H23ClN2O3/c22-16-7-5-14(6-8-16)19-10-9-18(27-19)12-23-21(26)15-11-20(25)24(13-15)17-3-1-2-4-17/h5-10,15,17H,1-4,11-13H2,(H,23,26). The summed E-state index contributed by atoms with van der Waals surface area (Å²) in [6.07, 6.45) is 4.82. The molecular weight excluding hydrogens is 364 g/mol. The molecule has 27 heavy (non-hydrogen) atoms. The minimum absolute atomic E-state index is 0.0757. The molecule has 5 nitrogen and oxygen atoms in total. The van der Waals surface area contributed by atoms with E-state index in [0.29, 0.717) is 36.3 Å². The molecule has 142 valence electrons.